The van der Waals surface area contributed by atoms with Gasteiger partial charge in [-0.1, -0.05) is 19.1 Å². The standard InChI is InChI=1S/C17H17N3O4S/c1-12-11-25(23,24)20(17(12)22)15-7-4-5-13(9-15)16(21)19-10-14-6-2-3-8-18-14/h2-9,12H,10-11H2,1H3,(H,19,21)/t12-/m0/s1. The maximum absolute atomic E-state index is 12.3. The Morgan fingerprint density at radius 1 is 1.28 bits per heavy atom. The van der Waals surface area contributed by atoms with Crippen molar-refractivity contribution in [3.05, 3.63) is 59.9 Å². The summed E-state index contributed by atoms with van der Waals surface area (Å²) in [6.45, 7) is 1.82. The maximum atomic E-state index is 12.3. The molecule has 1 fully saturated rings. The summed E-state index contributed by atoms with van der Waals surface area (Å²) in [6, 6.07) is 11.4. The third-order valence-corrected chi connectivity index (χ3v) is 5.73. The minimum Gasteiger partial charge on any atom is -0.346 e. The van der Waals surface area contributed by atoms with Crippen LogP contribution in [0.4, 0.5) is 5.69 Å². The lowest BCUT2D eigenvalue weighted by atomic mass is 10.1. The Labute approximate surface area is 145 Å². The fourth-order valence-electron chi connectivity index (χ4n) is 2.64. The fraction of sp³-hybridized carbons (Fsp3) is 0.235. The zero-order valence-corrected chi connectivity index (χ0v) is 14.4. The summed E-state index contributed by atoms with van der Waals surface area (Å²) in [4.78, 5) is 28.6. The van der Waals surface area contributed by atoms with Crippen LogP contribution in [0.3, 0.4) is 0 Å². The summed E-state index contributed by atoms with van der Waals surface area (Å²) in [7, 11) is -3.69. The monoisotopic (exact) mass is 359 g/mol. The van der Waals surface area contributed by atoms with Crippen LogP contribution in [0.5, 0.6) is 0 Å². The van der Waals surface area contributed by atoms with E-state index in [-0.39, 0.29) is 29.5 Å². The largest absolute Gasteiger partial charge is 0.346 e. The first-order valence-corrected chi connectivity index (χ1v) is 9.34. The van der Waals surface area contributed by atoms with Gasteiger partial charge in [-0.2, -0.15) is 0 Å². The van der Waals surface area contributed by atoms with Gasteiger partial charge in [-0.15, -0.1) is 0 Å². The van der Waals surface area contributed by atoms with Crippen LogP contribution in [0.25, 0.3) is 0 Å². The minimum absolute atomic E-state index is 0.180. The Morgan fingerprint density at radius 2 is 2.08 bits per heavy atom. The molecule has 1 saturated heterocycles. The van der Waals surface area contributed by atoms with Crippen molar-refractivity contribution >= 4 is 27.5 Å². The number of sulfonamides is 1. The predicted octanol–water partition coefficient (Wildman–Crippen LogP) is 1.32. The lowest BCUT2D eigenvalue weighted by Crippen LogP contribution is -2.30. The summed E-state index contributed by atoms with van der Waals surface area (Å²) in [5.74, 6) is -1.66. The molecule has 2 aromatic rings. The van der Waals surface area contributed by atoms with Gasteiger partial charge >= 0.3 is 0 Å². The number of rotatable bonds is 4. The van der Waals surface area contributed by atoms with E-state index in [2.05, 4.69) is 10.3 Å². The molecule has 1 aromatic heterocycles. The third kappa shape index (κ3) is 3.53. The van der Waals surface area contributed by atoms with Gasteiger partial charge in [0.1, 0.15) is 0 Å². The van der Waals surface area contributed by atoms with Crippen molar-refractivity contribution in [2.75, 3.05) is 10.1 Å². The van der Waals surface area contributed by atoms with Gasteiger partial charge in [0.25, 0.3) is 5.91 Å². The summed E-state index contributed by atoms with van der Waals surface area (Å²) in [5.41, 5.74) is 1.16. The Hall–Kier alpha value is -2.74. The van der Waals surface area contributed by atoms with Crippen molar-refractivity contribution < 1.29 is 18.0 Å². The minimum atomic E-state index is -3.69. The average Bonchev–Trinajstić information content (AvgIpc) is 2.81. The number of nitrogens with one attached hydrogen (secondary N) is 1. The molecule has 0 unspecified atom stereocenters. The van der Waals surface area contributed by atoms with Gasteiger partial charge in [0, 0.05) is 11.8 Å². The number of benzene rings is 1. The zero-order valence-electron chi connectivity index (χ0n) is 13.5. The molecule has 3 rings (SSSR count). The van der Waals surface area contributed by atoms with Crippen LogP contribution < -0.4 is 9.62 Å². The van der Waals surface area contributed by atoms with E-state index in [1.54, 1.807) is 37.4 Å². The molecule has 130 valence electrons. The first kappa shape index (κ1) is 17.1. The van der Waals surface area contributed by atoms with Gasteiger partial charge in [0.05, 0.1) is 29.6 Å². The number of carbonyl (C=O) groups excluding carboxylic acids is 2. The highest BCUT2D eigenvalue weighted by atomic mass is 32.2. The Balaban J connectivity index is 1.80. The first-order chi connectivity index (χ1) is 11.9. The van der Waals surface area contributed by atoms with Crippen LogP contribution in [0.1, 0.15) is 23.0 Å². The smallest absolute Gasteiger partial charge is 0.251 e. The second-order valence-electron chi connectivity index (χ2n) is 5.84. The van der Waals surface area contributed by atoms with E-state index in [0.717, 1.165) is 4.31 Å². The fourth-order valence-corrected chi connectivity index (χ4v) is 4.45. The summed E-state index contributed by atoms with van der Waals surface area (Å²) < 4.78 is 25.1. The van der Waals surface area contributed by atoms with Crippen molar-refractivity contribution in [3.8, 4) is 0 Å². The highest BCUT2D eigenvalue weighted by molar-refractivity contribution is 7.94. The second kappa shape index (κ2) is 6.64. The predicted molar refractivity (Wildman–Crippen MR) is 92.3 cm³/mol. The van der Waals surface area contributed by atoms with Crippen LogP contribution in [0, 0.1) is 5.92 Å². The van der Waals surface area contributed by atoms with Crippen LogP contribution >= 0.6 is 0 Å². The van der Waals surface area contributed by atoms with Crippen LogP contribution in [-0.4, -0.2) is 31.0 Å². The molecule has 0 saturated carbocycles. The van der Waals surface area contributed by atoms with E-state index in [4.69, 9.17) is 0 Å². The lowest BCUT2D eigenvalue weighted by molar-refractivity contribution is -0.119. The maximum Gasteiger partial charge on any atom is 0.251 e. The third-order valence-electron chi connectivity index (χ3n) is 3.86. The molecule has 1 aliphatic heterocycles. The highest BCUT2D eigenvalue weighted by Gasteiger charge is 2.42. The van der Waals surface area contributed by atoms with Crippen molar-refractivity contribution in [3.63, 3.8) is 0 Å². The van der Waals surface area contributed by atoms with Gasteiger partial charge < -0.3 is 5.32 Å². The van der Waals surface area contributed by atoms with E-state index in [0.29, 0.717) is 5.69 Å². The van der Waals surface area contributed by atoms with E-state index < -0.39 is 21.8 Å². The molecular formula is C17H17N3O4S. The normalized spacial score (nSPS) is 19.0. The van der Waals surface area contributed by atoms with Crippen LogP contribution in [0.15, 0.2) is 48.7 Å². The Bertz CT molecular complexity index is 913. The quantitative estimate of drug-likeness (QED) is 0.888. The number of pyridine rings is 1. The summed E-state index contributed by atoms with van der Waals surface area (Å²) in [6.07, 6.45) is 1.63. The molecule has 1 aliphatic rings. The van der Waals surface area contributed by atoms with E-state index >= 15 is 0 Å². The molecule has 0 bridgehead atoms. The molecule has 0 radical (unpaired) electrons. The molecule has 1 N–H and O–H groups in total. The van der Waals surface area contributed by atoms with E-state index in [1.807, 2.05) is 6.07 Å². The number of amides is 2. The number of carbonyl (C=O) groups is 2. The number of aromatic nitrogens is 1. The van der Waals surface area contributed by atoms with Gasteiger partial charge in [-0.05, 0) is 30.3 Å². The van der Waals surface area contributed by atoms with Crippen molar-refractivity contribution in [2.24, 2.45) is 5.92 Å². The summed E-state index contributed by atoms with van der Waals surface area (Å²) >= 11 is 0. The van der Waals surface area contributed by atoms with Crippen molar-refractivity contribution in [2.45, 2.75) is 13.5 Å². The van der Waals surface area contributed by atoms with E-state index in [9.17, 15) is 18.0 Å². The number of anilines is 1. The molecular weight excluding hydrogens is 342 g/mol. The van der Waals surface area contributed by atoms with Gasteiger partial charge in [0.2, 0.25) is 15.9 Å². The molecule has 2 amide bonds. The van der Waals surface area contributed by atoms with Gasteiger partial charge in [-0.3, -0.25) is 14.6 Å². The van der Waals surface area contributed by atoms with Gasteiger partial charge in [0.15, 0.2) is 0 Å². The first-order valence-electron chi connectivity index (χ1n) is 7.73. The second-order valence-corrected chi connectivity index (χ2v) is 7.70. The van der Waals surface area contributed by atoms with Crippen LogP contribution in [0.2, 0.25) is 0 Å². The highest BCUT2D eigenvalue weighted by Crippen LogP contribution is 2.28. The number of hydrogen-bond donors (Lipinski definition) is 1. The number of hydrogen-bond acceptors (Lipinski definition) is 5. The van der Waals surface area contributed by atoms with E-state index in [1.165, 1.54) is 12.1 Å². The summed E-state index contributed by atoms with van der Waals surface area (Å²) in [5, 5.41) is 2.72. The Morgan fingerprint density at radius 3 is 2.72 bits per heavy atom. The zero-order chi connectivity index (χ0) is 18.0. The molecule has 1 aromatic carbocycles. The Kier molecular flexibility index (Phi) is 4.54. The van der Waals surface area contributed by atoms with Crippen LogP contribution in [-0.2, 0) is 21.4 Å². The molecule has 0 spiro atoms. The van der Waals surface area contributed by atoms with Crippen molar-refractivity contribution in [1.29, 1.82) is 0 Å². The lowest BCUT2D eigenvalue weighted by Gasteiger charge is -2.16. The molecule has 8 heteroatoms. The number of nitrogens with zero attached hydrogens (tertiary/aromatic N) is 2. The average molecular weight is 359 g/mol. The SMILES string of the molecule is C[C@H]1CS(=O)(=O)N(c2cccc(C(=O)NCc3ccccn3)c2)C1=O. The molecule has 0 aliphatic carbocycles. The molecule has 25 heavy (non-hydrogen) atoms. The molecule has 1 atom stereocenters. The molecule has 2 heterocycles. The topological polar surface area (TPSA) is 96.4 Å². The molecule has 7 nitrogen and oxygen atoms in total. The van der Waals surface area contributed by atoms with Gasteiger partial charge in [-0.25, -0.2) is 12.7 Å². The van der Waals surface area contributed by atoms with Crippen molar-refractivity contribution in [1.82, 2.24) is 10.3 Å².